The van der Waals surface area contributed by atoms with Crippen LogP contribution in [0, 0.1) is 6.92 Å². The number of aryl methyl sites for hydroxylation is 1. The Hall–Kier alpha value is -2.32. The van der Waals surface area contributed by atoms with E-state index in [0.717, 1.165) is 27.8 Å². The lowest BCUT2D eigenvalue weighted by Crippen LogP contribution is -2.46. The fourth-order valence-corrected chi connectivity index (χ4v) is 3.60. The van der Waals surface area contributed by atoms with E-state index in [1.165, 1.54) is 0 Å². The first-order chi connectivity index (χ1) is 12.5. The van der Waals surface area contributed by atoms with E-state index in [4.69, 9.17) is 9.47 Å². The van der Waals surface area contributed by atoms with Gasteiger partial charge in [0.05, 0.1) is 25.2 Å². The molecule has 7 nitrogen and oxygen atoms in total. The number of thioether (sulfide) groups is 1. The van der Waals surface area contributed by atoms with Crippen LogP contribution >= 0.6 is 11.8 Å². The highest BCUT2D eigenvalue weighted by Crippen LogP contribution is 2.33. The van der Waals surface area contributed by atoms with Crippen molar-refractivity contribution < 1.29 is 23.9 Å². The van der Waals surface area contributed by atoms with Gasteiger partial charge in [0.25, 0.3) is 11.1 Å². The van der Waals surface area contributed by atoms with Crippen molar-refractivity contribution in [2.75, 3.05) is 40.0 Å². The Labute approximate surface area is 155 Å². The maximum Gasteiger partial charge on any atom is 0.294 e. The van der Waals surface area contributed by atoms with Crippen LogP contribution in [0.4, 0.5) is 4.79 Å². The number of ether oxygens (including phenoxy) is 2. The topological polar surface area (TPSA) is 76.2 Å². The average molecular weight is 376 g/mol. The van der Waals surface area contributed by atoms with Gasteiger partial charge in [0.1, 0.15) is 12.3 Å². The van der Waals surface area contributed by atoms with E-state index in [9.17, 15) is 14.4 Å². The van der Waals surface area contributed by atoms with E-state index in [2.05, 4.69) is 0 Å². The van der Waals surface area contributed by atoms with Crippen molar-refractivity contribution >= 4 is 34.9 Å². The molecule has 2 aliphatic rings. The molecule has 0 N–H and O–H groups in total. The second kappa shape index (κ2) is 7.92. The predicted octanol–water partition coefficient (Wildman–Crippen LogP) is 1.90. The van der Waals surface area contributed by atoms with Gasteiger partial charge >= 0.3 is 0 Å². The van der Waals surface area contributed by atoms with Gasteiger partial charge in [-0.3, -0.25) is 19.3 Å². The van der Waals surface area contributed by atoms with E-state index >= 15 is 0 Å². The third-order valence-corrected chi connectivity index (χ3v) is 5.17. The van der Waals surface area contributed by atoms with Crippen molar-refractivity contribution in [1.29, 1.82) is 0 Å². The Morgan fingerprint density at radius 2 is 2.04 bits per heavy atom. The molecular weight excluding hydrogens is 356 g/mol. The highest BCUT2D eigenvalue weighted by molar-refractivity contribution is 8.18. The van der Waals surface area contributed by atoms with Gasteiger partial charge in [-0.1, -0.05) is 12.1 Å². The maximum absolute atomic E-state index is 12.5. The minimum Gasteiger partial charge on any atom is -0.496 e. The molecule has 1 aromatic rings. The Bertz CT molecular complexity index is 771. The summed E-state index contributed by atoms with van der Waals surface area (Å²) in [4.78, 5) is 40.0. The Kier molecular flexibility index (Phi) is 5.63. The third kappa shape index (κ3) is 3.91. The summed E-state index contributed by atoms with van der Waals surface area (Å²) in [5.41, 5.74) is 1.74. The summed E-state index contributed by atoms with van der Waals surface area (Å²) >= 11 is 0.845. The summed E-state index contributed by atoms with van der Waals surface area (Å²) in [6, 6.07) is 5.55. The van der Waals surface area contributed by atoms with Crippen molar-refractivity contribution in [3.63, 3.8) is 0 Å². The van der Waals surface area contributed by atoms with Gasteiger partial charge in [0, 0.05) is 13.1 Å². The summed E-state index contributed by atoms with van der Waals surface area (Å²) in [7, 11) is 1.58. The molecule has 138 valence electrons. The molecule has 0 unspecified atom stereocenters. The number of carbonyl (C=O) groups is 3. The van der Waals surface area contributed by atoms with Crippen LogP contribution in [0.3, 0.4) is 0 Å². The first-order valence-corrected chi connectivity index (χ1v) is 9.07. The molecule has 0 atom stereocenters. The lowest BCUT2D eigenvalue weighted by molar-refractivity contribution is -0.139. The number of amides is 3. The van der Waals surface area contributed by atoms with Crippen molar-refractivity contribution in [2.45, 2.75) is 6.92 Å². The summed E-state index contributed by atoms with van der Waals surface area (Å²) < 4.78 is 10.5. The minimum absolute atomic E-state index is 0.237. The molecule has 2 aliphatic heterocycles. The third-order valence-electron chi connectivity index (χ3n) is 4.26. The number of rotatable bonds is 4. The van der Waals surface area contributed by atoms with Gasteiger partial charge in [-0.15, -0.1) is 0 Å². The average Bonchev–Trinajstić information content (AvgIpc) is 2.91. The first-order valence-electron chi connectivity index (χ1n) is 8.25. The number of imide groups is 1. The fourth-order valence-electron chi connectivity index (χ4n) is 2.76. The normalized spacial score (nSPS) is 19.4. The van der Waals surface area contributed by atoms with Crippen LogP contribution in [0.25, 0.3) is 6.08 Å². The molecule has 1 aromatic carbocycles. The number of methoxy groups -OCH3 is 1. The zero-order valence-corrected chi connectivity index (χ0v) is 15.5. The number of benzene rings is 1. The van der Waals surface area contributed by atoms with Crippen molar-refractivity contribution in [2.24, 2.45) is 0 Å². The Morgan fingerprint density at radius 3 is 2.73 bits per heavy atom. The molecule has 0 aromatic heterocycles. The van der Waals surface area contributed by atoms with Crippen LogP contribution in [0.5, 0.6) is 5.75 Å². The molecular formula is C18H20N2O5S. The Balaban J connectivity index is 1.73. The van der Waals surface area contributed by atoms with E-state index in [0.29, 0.717) is 37.0 Å². The minimum atomic E-state index is -0.443. The van der Waals surface area contributed by atoms with Crippen LogP contribution in [0.1, 0.15) is 11.1 Å². The van der Waals surface area contributed by atoms with Crippen LogP contribution in [0.15, 0.2) is 23.1 Å². The number of nitrogens with zero attached hydrogens (tertiary/aromatic N) is 2. The van der Waals surface area contributed by atoms with Gasteiger partial charge in [-0.25, -0.2) is 0 Å². The largest absolute Gasteiger partial charge is 0.496 e. The molecule has 3 rings (SSSR count). The molecule has 26 heavy (non-hydrogen) atoms. The fraction of sp³-hybridized carbons (Fsp3) is 0.389. The number of carbonyl (C=O) groups excluding carboxylic acids is 3. The van der Waals surface area contributed by atoms with Crippen molar-refractivity contribution in [3.8, 4) is 5.75 Å². The second-order valence-electron chi connectivity index (χ2n) is 5.99. The monoisotopic (exact) mass is 376 g/mol. The van der Waals surface area contributed by atoms with E-state index in [1.807, 2.05) is 25.1 Å². The molecule has 0 saturated carbocycles. The van der Waals surface area contributed by atoms with Gasteiger partial charge < -0.3 is 14.4 Å². The highest BCUT2D eigenvalue weighted by Gasteiger charge is 2.37. The molecule has 0 bridgehead atoms. The van der Waals surface area contributed by atoms with Gasteiger partial charge in [0.2, 0.25) is 5.91 Å². The summed E-state index contributed by atoms with van der Waals surface area (Å²) in [6.07, 6.45) is 1.64. The molecule has 0 spiro atoms. The molecule has 8 heteroatoms. The molecule has 0 aliphatic carbocycles. The zero-order chi connectivity index (χ0) is 18.7. The summed E-state index contributed by atoms with van der Waals surface area (Å²) in [5, 5.41) is -0.429. The highest BCUT2D eigenvalue weighted by atomic mass is 32.2. The number of hydrogen-bond acceptors (Lipinski definition) is 6. The predicted molar refractivity (Wildman–Crippen MR) is 97.8 cm³/mol. The molecule has 2 fully saturated rings. The molecule has 2 heterocycles. The van der Waals surface area contributed by atoms with Crippen LogP contribution < -0.4 is 4.74 Å². The smallest absolute Gasteiger partial charge is 0.294 e. The van der Waals surface area contributed by atoms with Crippen molar-refractivity contribution in [3.05, 3.63) is 34.2 Å². The van der Waals surface area contributed by atoms with Gasteiger partial charge in [0.15, 0.2) is 0 Å². The van der Waals surface area contributed by atoms with Crippen LogP contribution in [0.2, 0.25) is 0 Å². The Morgan fingerprint density at radius 1 is 1.31 bits per heavy atom. The van der Waals surface area contributed by atoms with Gasteiger partial charge in [-0.2, -0.15) is 0 Å². The molecule has 2 saturated heterocycles. The second-order valence-corrected chi connectivity index (χ2v) is 6.98. The molecule has 0 radical (unpaired) electrons. The lowest BCUT2D eigenvalue weighted by Gasteiger charge is -2.28. The number of morpholine rings is 1. The van der Waals surface area contributed by atoms with E-state index < -0.39 is 11.1 Å². The first kappa shape index (κ1) is 18.5. The summed E-state index contributed by atoms with van der Waals surface area (Å²) in [6.45, 7) is 3.60. The van der Waals surface area contributed by atoms with E-state index in [-0.39, 0.29) is 12.5 Å². The zero-order valence-electron chi connectivity index (χ0n) is 14.7. The standard InChI is InChI=1S/C18H20N2O5S/c1-12-3-4-13(9-14(12)24-2)10-15-17(22)20(18(23)26-15)11-16(21)19-5-7-25-8-6-19/h3-4,9-10H,5-8,11H2,1-2H3/b15-10-. The van der Waals surface area contributed by atoms with Crippen molar-refractivity contribution in [1.82, 2.24) is 9.80 Å². The molecule has 3 amide bonds. The summed E-state index contributed by atoms with van der Waals surface area (Å²) in [5.74, 6) is 0.0236. The SMILES string of the molecule is COc1cc(/C=C2\SC(=O)N(CC(=O)N3CCOCC3)C2=O)ccc1C. The lowest BCUT2D eigenvalue weighted by atomic mass is 10.1. The maximum atomic E-state index is 12.5. The quantitative estimate of drug-likeness (QED) is 0.747. The van der Waals surface area contributed by atoms with E-state index in [1.54, 1.807) is 18.1 Å². The number of hydrogen-bond donors (Lipinski definition) is 0. The van der Waals surface area contributed by atoms with Gasteiger partial charge in [-0.05, 0) is 42.0 Å². The van der Waals surface area contributed by atoms with Crippen LogP contribution in [-0.2, 0) is 14.3 Å². The van der Waals surface area contributed by atoms with Crippen LogP contribution in [-0.4, -0.2) is 66.8 Å².